The fourth-order valence-electron chi connectivity index (χ4n) is 3.44. The molecule has 1 N–H and O–H groups in total. The Hall–Kier alpha value is -3.79. The van der Waals surface area contributed by atoms with Crippen LogP contribution in [0.1, 0.15) is 23.6 Å². The number of ether oxygens (including phenoxy) is 2. The highest BCUT2D eigenvalue weighted by molar-refractivity contribution is 5.94. The van der Waals surface area contributed by atoms with Gasteiger partial charge in [-0.25, -0.2) is 9.37 Å². The van der Waals surface area contributed by atoms with Crippen molar-refractivity contribution in [1.29, 1.82) is 0 Å². The molecule has 6 nitrogen and oxygen atoms in total. The van der Waals surface area contributed by atoms with Crippen LogP contribution in [0, 0.1) is 18.2 Å². The Morgan fingerprint density at radius 3 is 2.93 bits per heavy atom. The van der Waals surface area contributed by atoms with Gasteiger partial charge < -0.3 is 14.8 Å². The SMILES string of the molecule is C#CCOc1ccc([C@H]2CC(=O)Nc3c2ncn3-c2cccc(F)c2)cc1OC. The number of benzene rings is 2. The number of amides is 1. The van der Waals surface area contributed by atoms with Gasteiger partial charge in [0.05, 0.1) is 18.5 Å². The van der Waals surface area contributed by atoms with Gasteiger partial charge >= 0.3 is 0 Å². The predicted molar refractivity (Wildman–Crippen MR) is 106 cm³/mol. The lowest BCUT2D eigenvalue weighted by Gasteiger charge is -2.24. The van der Waals surface area contributed by atoms with Crippen LogP contribution in [0.4, 0.5) is 10.2 Å². The lowest BCUT2D eigenvalue weighted by molar-refractivity contribution is -0.116. The summed E-state index contributed by atoms with van der Waals surface area (Å²) in [5, 5.41) is 2.86. The maximum Gasteiger partial charge on any atom is 0.226 e. The normalized spacial score (nSPS) is 15.2. The van der Waals surface area contributed by atoms with Crippen molar-refractivity contribution in [3.63, 3.8) is 0 Å². The number of hydrogen-bond acceptors (Lipinski definition) is 4. The Bertz CT molecular complexity index is 1120. The molecule has 2 aromatic carbocycles. The molecule has 7 heteroatoms. The summed E-state index contributed by atoms with van der Waals surface area (Å²) in [4.78, 5) is 16.9. The Kier molecular flexibility index (Phi) is 4.92. The molecule has 0 bridgehead atoms. The molecule has 1 aliphatic rings. The summed E-state index contributed by atoms with van der Waals surface area (Å²) in [7, 11) is 1.54. The number of methoxy groups -OCH3 is 1. The number of fused-ring (bicyclic) bond motifs is 1. The van der Waals surface area contributed by atoms with E-state index in [0.29, 0.717) is 28.7 Å². The van der Waals surface area contributed by atoms with Crippen molar-refractivity contribution in [1.82, 2.24) is 9.55 Å². The van der Waals surface area contributed by atoms with Crippen LogP contribution < -0.4 is 14.8 Å². The van der Waals surface area contributed by atoms with E-state index in [0.717, 1.165) is 5.56 Å². The van der Waals surface area contributed by atoms with Crippen LogP contribution in [-0.2, 0) is 4.79 Å². The van der Waals surface area contributed by atoms with Crippen molar-refractivity contribution < 1.29 is 18.7 Å². The van der Waals surface area contributed by atoms with Crippen molar-refractivity contribution in [3.05, 3.63) is 65.9 Å². The van der Waals surface area contributed by atoms with Crippen LogP contribution in [-0.4, -0.2) is 29.2 Å². The molecule has 146 valence electrons. The molecule has 0 saturated heterocycles. The van der Waals surface area contributed by atoms with Gasteiger partial charge in [0.15, 0.2) is 11.5 Å². The summed E-state index contributed by atoms with van der Waals surface area (Å²) in [5.74, 6) is 3.21. The summed E-state index contributed by atoms with van der Waals surface area (Å²) in [6, 6.07) is 11.6. The number of carbonyl (C=O) groups is 1. The predicted octanol–water partition coefficient (Wildman–Crippen LogP) is 3.51. The van der Waals surface area contributed by atoms with Crippen LogP contribution >= 0.6 is 0 Å². The summed E-state index contributed by atoms with van der Waals surface area (Å²) < 4.78 is 26.2. The number of halogens is 1. The zero-order valence-electron chi connectivity index (χ0n) is 15.7. The molecule has 0 spiro atoms. The van der Waals surface area contributed by atoms with Crippen LogP contribution in [0.3, 0.4) is 0 Å². The first kappa shape index (κ1) is 18.6. The molecule has 0 fully saturated rings. The first-order valence-electron chi connectivity index (χ1n) is 8.98. The van der Waals surface area contributed by atoms with Gasteiger partial charge in [0.25, 0.3) is 0 Å². The van der Waals surface area contributed by atoms with Crippen molar-refractivity contribution in [2.45, 2.75) is 12.3 Å². The van der Waals surface area contributed by atoms with Gasteiger partial charge in [0, 0.05) is 12.3 Å². The third-order valence-electron chi connectivity index (χ3n) is 4.76. The second-order valence-corrected chi connectivity index (χ2v) is 6.54. The number of nitrogens with zero attached hydrogens (tertiary/aromatic N) is 2. The Morgan fingerprint density at radius 1 is 1.31 bits per heavy atom. The average molecular weight is 391 g/mol. The fraction of sp³-hybridized carbons (Fsp3) is 0.182. The molecule has 0 unspecified atom stereocenters. The van der Waals surface area contributed by atoms with E-state index in [-0.39, 0.29) is 30.7 Å². The highest BCUT2D eigenvalue weighted by Crippen LogP contribution is 2.40. The highest BCUT2D eigenvalue weighted by Gasteiger charge is 2.31. The second-order valence-electron chi connectivity index (χ2n) is 6.54. The van der Waals surface area contributed by atoms with E-state index in [2.05, 4.69) is 16.2 Å². The third-order valence-corrected chi connectivity index (χ3v) is 4.76. The molecular weight excluding hydrogens is 373 g/mol. The zero-order valence-corrected chi connectivity index (χ0v) is 15.7. The van der Waals surface area contributed by atoms with E-state index < -0.39 is 0 Å². The summed E-state index contributed by atoms with van der Waals surface area (Å²) in [6.07, 6.45) is 7.07. The van der Waals surface area contributed by atoms with Gasteiger partial charge in [-0.1, -0.05) is 18.1 Å². The Labute approximate surface area is 167 Å². The minimum atomic E-state index is -0.365. The smallest absolute Gasteiger partial charge is 0.226 e. The molecule has 1 amide bonds. The van der Waals surface area contributed by atoms with Crippen molar-refractivity contribution >= 4 is 11.7 Å². The van der Waals surface area contributed by atoms with E-state index >= 15 is 0 Å². The largest absolute Gasteiger partial charge is 0.493 e. The third kappa shape index (κ3) is 3.52. The number of terminal acetylenes is 1. The van der Waals surface area contributed by atoms with Crippen molar-refractivity contribution in [2.24, 2.45) is 0 Å². The van der Waals surface area contributed by atoms with Gasteiger partial charge in [-0.2, -0.15) is 0 Å². The maximum absolute atomic E-state index is 13.7. The van der Waals surface area contributed by atoms with Gasteiger partial charge in [0.2, 0.25) is 5.91 Å². The molecule has 0 saturated carbocycles. The van der Waals surface area contributed by atoms with Crippen LogP contribution in [0.25, 0.3) is 5.69 Å². The summed E-state index contributed by atoms with van der Waals surface area (Å²) in [5.41, 5.74) is 2.14. The molecule has 1 aromatic heterocycles. The molecule has 0 aliphatic carbocycles. The molecule has 29 heavy (non-hydrogen) atoms. The van der Waals surface area contributed by atoms with E-state index in [1.54, 1.807) is 36.2 Å². The van der Waals surface area contributed by atoms with Crippen molar-refractivity contribution in [2.75, 3.05) is 19.0 Å². The standard InChI is InChI=1S/C22H18FN3O3/c1-3-9-29-18-8-7-14(10-19(18)28-2)17-12-20(27)25-22-21(17)24-13-26(22)16-6-4-5-15(23)11-16/h1,4-8,10-11,13,17H,9,12H2,2H3,(H,25,27)/t17-/m1/s1. The Morgan fingerprint density at radius 2 is 2.17 bits per heavy atom. The van der Waals surface area contributed by atoms with Gasteiger partial charge in [0.1, 0.15) is 24.6 Å². The average Bonchev–Trinajstić information content (AvgIpc) is 3.15. The number of imidazole rings is 1. The number of rotatable bonds is 5. The second kappa shape index (κ2) is 7.68. The summed E-state index contributed by atoms with van der Waals surface area (Å²) in [6.45, 7) is 0.129. The topological polar surface area (TPSA) is 65.4 Å². The fourth-order valence-corrected chi connectivity index (χ4v) is 3.44. The molecule has 4 rings (SSSR count). The summed E-state index contributed by atoms with van der Waals surface area (Å²) >= 11 is 0. The molecule has 0 radical (unpaired) electrons. The number of hydrogen-bond donors (Lipinski definition) is 1. The van der Waals surface area contributed by atoms with E-state index in [1.807, 2.05) is 12.1 Å². The molecule has 2 heterocycles. The minimum absolute atomic E-state index is 0.129. The lowest BCUT2D eigenvalue weighted by Crippen LogP contribution is -2.25. The molecule has 3 aromatic rings. The maximum atomic E-state index is 13.7. The number of carbonyl (C=O) groups excluding carboxylic acids is 1. The van der Waals surface area contributed by atoms with Crippen LogP contribution in [0.15, 0.2) is 48.8 Å². The van der Waals surface area contributed by atoms with Gasteiger partial charge in [-0.05, 0) is 35.9 Å². The lowest BCUT2D eigenvalue weighted by atomic mass is 9.89. The zero-order chi connectivity index (χ0) is 20.4. The molecule has 1 aliphatic heterocycles. The van der Waals surface area contributed by atoms with Crippen molar-refractivity contribution in [3.8, 4) is 29.5 Å². The Balaban J connectivity index is 1.75. The highest BCUT2D eigenvalue weighted by atomic mass is 19.1. The minimum Gasteiger partial charge on any atom is -0.493 e. The number of anilines is 1. The van der Waals surface area contributed by atoms with Crippen LogP contribution in [0.5, 0.6) is 11.5 Å². The first-order valence-corrected chi connectivity index (χ1v) is 8.98. The van der Waals surface area contributed by atoms with Crippen LogP contribution in [0.2, 0.25) is 0 Å². The first-order chi connectivity index (χ1) is 14.1. The quantitative estimate of drug-likeness (QED) is 0.676. The van der Waals surface area contributed by atoms with E-state index in [4.69, 9.17) is 15.9 Å². The van der Waals surface area contributed by atoms with Gasteiger partial charge in [-0.15, -0.1) is 6.42 Å². The van der Waals surface area contributed by atoms with Gasteiger partial charge in [-0.3, -0.25) is 9.36 Å². The number of nitrogens with one attached hydrogen (secondary N) is 1. The van der Waals surface area contributed by atoms with E-state index in [1.165, 1.54) is 12.1 Å². The number of aromatic nitrogens is 2. The monoisotopic (exact) mass is 391 g/mol. The molecule has 1 atom stereocenters. The molecular formula is C22H18FN3O3. The van der Waals surface area contributed by atoms with E-state index in [9.17, 15) is 9.18 Å².